The fourth-order valence-corrected chi connectivity index (χ4v) is 3.34. The Morgan fingerprint density at radius 1 is 1.32 bits per heavy atom. The fourth-order valence-electron chi connectivity index (χ4n) is 2.91. The highest BCUT2D eigenvalue weighted by molar-refractivity contribution is 9.10. The number of nitrogens with one attached hydrogen (secondary N) is 1. The Morgan fingerprint density at radius 3 is 2.63 bits per heavy atom. The number of benzene rings is 1. The van der Waals surface area contributed by atoms with Crippen molar-refractivity contribution < 1.29 is 4.39 Å². The van der Waals surface area contributed by atoms with Crippen molar-refractivity contribution >= 4 is 15.9 Å². The van der Waals surface area contributed by atoms with Crippen LogP contribution in [-0.2, 0) is 6.42 Å². The van der Waals surface area contributed by atoms with Gasteiger partial charge >= 0.3 is 0 Å². The van der Waals surface area contributed by atoms with Crippen LogP contribution in [-0.4, -0.2) is 12.6 Å². The molecule has 0 bridgehead atoms. The minimum absolute atomic E-state index is 0.173. The summed E-state index contributed by atoms with van der Waals surface area (Å²) >= 11 is 3.29. The molecule has 0 saturated heterocycles. The van der Waals surface area contributed by atoms with Crippen molar-refractivity contribution in [1.29, 1.82) is 0 Å². The summed E-state index contributed by atoms with van der Waals surface area (Å²) in [5.41, 5.74) is 1.56. The van der Waals surface area contributed by atoms with Crippen LogP contribution in [0.3, 0.4) is 0 Å². The van der Waals surface area contributed by atoms with Crippen molar-refractivity contribution in [2.45, 2.75) is 45.1 Å². The second-order valence-electron chi connectivity index (χ2n) is 6.51. The zero-order valence-corrected chi connectivity index (χ0v) is 13.0. The van der Waals surface area contributed by atoms with Crippen molar-refractivity contribution in [3.05, 3.63) is 34.1 Å². The molecule has 2 aliphatic carbocycles. The predicted molar refractivity (Wildman–Crippen MR) is 79.7 cm³/mol. The summed E-state index contributed by atoms with van der Waals surface area (Å²) in [5.74, 6) is 0.663. The van der Waals surface area contributed by atoms with Crippen LogP contribution in [0.4, 0.5) is 4.39 Å². The first-order valence-electron chi connectivity index (χ1n) is 7.24. The van der Waals surface area contributed by atoms with Crippen LogP contribution in [0.1, 0.15) is 38.2 Å². The molecule has 1 atom stereocenters. The molecule has 1 aromatic carbocycles. The molecule has 2 saturated carbocycles. The molecule has 1 aromatic rings. The monoisotopic (exact) mass is 325 g/mol. The summed E-state index contributed by atoms with van der Waals surface area (Å²) in [7, 11) is 0. The van der Waals surface area contributed by atoms with Crippen LogP contribution in [0.15, 0.2) is 22.7 Å². The Bertz CT molecular complexity index is 468. The molecule has 1 unspecified atom stereocenters. The second kappa shape index (κ2) is 5.17. The lowest BCUT2D eigenvalue weighted by Gasteiger charge is -2.30. The Hall–Kier alpha value is -0.410. The molecule has 3 rings (SSSR count). The zero-order chi connectivity index (χ0) is 13.5. The van der Waals surface area contributed by atoms with E-state index in [9.17, 15) is 4.39 Å². The third kappa shape index (κ3) is 3.38. The first-order chi connectivity index (χ1) is 9.07. The summed E-state index contributed by atoms with van der Waals surface area (Å²) < 4.78 is 13.9. The van der Waals surface area contributed by atoms with Gasteiger partial charge in [-0.2, -0.15) is 0 Å². The van der Waals surface area contributed by atoms with E-state index in [0.717, 1.165) is 24.9 Å². The van der Waals surface area contributed by atoms with E-state index in [2.05, 4.69) is 28.2 Å². The van der Waals surface area contributed by atoms with Crippen molar-refractivity contribution in [2.24, 2.45) is 11.3 Å². The molecular weight excluding hydrogens is 305 g/mol. The average molecular weight is 326 g/mol. The maximum atomic E-state index is 13.3. The molecule has 2 fully saturated rings. The average Bonchev–Trinajstić information content (AvgIpc) is 3.25. The minimum atomic E-state index is -0.173. The van der Waals surface area contributed by atoms with Gasteiger partial charge in [-0.05, 0) is 77.1 Å². The van der Waals surface area contributed by atoms with Crippen molar-refractivity contribution in [3.8, 4) is 0 Å². The normalized spacial score (nSPS) is 22.3. The van der Waals surface area contributed by atoms with Gasteiger partial charge in [-0.15, -0.1) is 0 Å². The molecule has 0 heterocycles. The van der Waals surface area contributed by atoms with Crippen LogP contribution in [0, 0.1) is 17.2 Å². The van der Waals surface area contributed by atoms with Crippen LogP contribution in [0.2, 0.25) is 0 Å². The van der Waals surface area contributed by atoms with Gasteiger partial charge in [0.2, 0.25) is 0 Å². The maximum absolute atomic E-state index is 13.3. The molecule has 19 heavy (non-hydrogen) atoms. The number of rotatable bonds is 6. The zero-order valence-electron chi connectivity index (χ0n) is 11.4. The van der Waals surface area contributed by atoms with E-state index >= 15 is 0 Å². The minimum Gasteiger partial charge on any atom is -0.313 e. The Morgan fingerprint density at radius 2 is 2.05 bits per heavy atom. The molecule has 0 aromatic heterocycles. The van der Waals surface area contributed by atoms with E-state index in [1.165, 1.54) is 31.2 Å². The van der Waals surface area contributed by atoms with Gasteiger partial charge in [0.25, 0.3) is 0 Å². The van der Waals surface area contributed by atoms with Gasteiger partial charge in [-0.1, -0.05) is 13.0 Å². The van der Waals surface area contributed by atoms with E-state index in [4.69, 9.17) is 0 Å². The Kier molecular flexibility index (Phi) is 3.69. The third-order valence-electron chi connectivity index (χ3n) is 4.53. The van der Waals surface area contributed by atoms with Crippen LogP contribution in [0.5, 0.6) is 0 Å². The molecule has 1 nitrogen and oxygen atoms in total. The van der Waals surface area contributed by atoms with Gasteiger partial charge in [0, 0.05) is 12.6 Å². The van der Waals surface area contributed by atoms with Crippen LogP contribution in [0.25, 0.3) is 0 Å². The summed E-state index contributed by atoms with van der Waals surface area (Å²) in [6.45, 7) is 3.48. The molecule has 3 heteroatoms. The first-order valence-corrected chi connectivity index (χ1v) is 8.03. The lowest BCUT2D eigenvalue weighted by molar-refractivity contribution is 0.254. The highest BCUT2D eigenvalue weighted by Crippen LogP contribution is 2.47. The van der Waals surface area contributed by atoms with Gasteiger partial charge < -0.3 is 5.32 Å². The van der Waals surface area contributed by atoms with E-state index in [1.54, 1.807) is 6.07 Å². The van der Waals surface area contributed by atoms with E-state index < -0.39 is 0 Å². The second-order valence-corrected chi connectivity index (χ2v) is 7.36. The molecule has 0 amide bonds. The lowest BCUT2D eigenvalue weighted by atomic mass is 9.79. The SMILES string of the molecule is CC(CNC1CC1)(Cc1ccc(F)c(Br)c1)C1CC1. The van der Waals surface area contributed by atoms with Gasteiger partial charge in [-0.3, -0.25) is 0 Å². The first kappa shape index (κ1) is 13.6. The Labute approximate surface area is 123 Å². The fraction of sp³-hybridized carbons (Fsp3) is 0.625. The standard InChI is InChI=1S/C16H21BrFN/c1-16(12-3-4-12,10-19-13-5-6-13)9-11-2-7-15(18)14(17)8-11/h2,7-8,12-13,19H,3-6,9-10H2,1H3. The van der Waals surface area contributed by atoms with Crippen LogP contribution >= 0.6 is 15.9 Å². The number of hydrogen-bond donors (Lipinski definition) is 1. The maximum Gasteiger partial charge on any atom is 0.137 e. The summed E-state index contributed by atoms with van der Waals surface area (Å²) in [4.78, 5) is 0. The smallest absolute Gasteiger partial charge is 0.137 e. The summed E-state index contributed by atoms with van der Waals surface area (Å²) in [6.07, 6.45) is 6.42. The van der Waals surface area contributed by atoms with Crippen molar-refractivity contribution in [3.63, 3.8) is 0 Å². The molecule has 1 N–H and O–H groups in total. The summed E-state index contributed by atoms with van der Waals surface area (Å²) in [5, 5.41) is 3.68. The Balaban J connectivity index is 1.70. The molecule has 2 aliphatic rings. The lowest BCUT2D eigenvalue weighted by Crippen LogP contribution is -2.36. The highest BCUT2D eigenvalue weighted by atomic mass is 79.9. The molecular formula is C16H21BrFN. The molecule has 0 spiro atoms. The van der Waals surface area contributed by atoms with E-state index in [-0.39, 0.29) is 5.82 Å². The quantitative estimate of drug-likeness (QED) is 0.822. The van der Waals surface area contributed by atoms with E-state index in [0.29, 0.717) is 9.89 Å². The van der Waals surface area contributed by atoms with Crippen molar-refractivity contribution in [2.75, 3.05) is 6.54 Å². The molecule has 0 aliphatic heterocycles. The number of halogens is 2. The van der Waals surface area contributed by atoms with Crippen LogP contribution < -0.4 is 5.32 Å². The highest BCUT2D eigenvalue weighted by Gasteiger charge is 2.42. The number of hydrogen-bond acceptors (Lipinski definition) is 1. The van der Waals surface area contributed by atoms with Gasteiger partial charge in [0.05, 0.1) is 4.47 Å². The third-order valence-corrected chi connectivity index (χ3v) is 5.13. The summed E-state index contributed by atoms with van der Waals surface area (Å²) in [6, 6.07) is 6.20. The topological polar surface area (TPSA) is 12.0 Å². The van der Waals surface area contributed by atoms with Gasteiger partial charge in [0.1, 0.15) is 5.82 Å². The largest absolute Gasteiger partial charge is 0.313 e. The van der Waals surface area contributed by atoms with Crippen molar-refractivity contribution in [1.82, 2.24) is 5.32 Å². The predicted octanol–water partition coefficient (Wildman–Crippen LogP) is 4.30. The molecule has 0 radical (unpaired) electrons. The molecule has 104 valence electrons. The van der Waals surface area contributed by atoms with Gasteiger partial charge in [-0.25, -0.2) is 4.39 Å². The van der Waals surface area contributed by atoms with Gasteiger partial charge in [0.15, 0.2) is 0 Å². The van der Waals surface area contributed by atoms with E-state index in [1.807, 2.05) is 12.1 Å².